The van der Waals surface area contributed by atoms with Gasteiger partial charge in [0.25, 0.3) is 0 Å². The fourth-order valence-electron chi connectivity index (χ4n) is 2.48. The van der Waals surface area contributed by atoms with Gasteiger partial charge in [-0.25, -0.2) is 0 Å². The molecule has 0 bridgehead atoms. The molecule has 0 fully saturated rings. The minimum Gasteiger partial charge on any atom is -0.495 e. The van der Waals surface area contributed by atoms with Gasteiger partial charge in [-0.3, -0.25) is 4.98 Å². The van der Waals surface area contributed by atoms with Gasteiger partial charge in [-0.1, -0.05) is 12.1 Å². The summed E-state index contributed by atoms with van der Waals surface area (Å²) < 4.78 is 17.1. The van der Waals surface area contributed by atoms with Gasteiger partial charge < -0.3 is 19.5 Å². The standard InChI is InChI=1S/C16H18N2O3/c1-17-16(11-7-12(19-2)9-18-8-11)15-10-20-13-5-3-4-6-14(13)21-15/h3-9,15-17H,10H2,1-2H3. The molecule has 1 aliphatic heterocycles. The Bertz CT molecular complexity index is 618. The van der Waals surface area contributed by atoms with Crippen LogP contribution in [0, 0.1) is 0 Å². The maximum atomic E-state index is 6.06. The fraction of sp³-hybridized carbons (Fsp3) is 0.312. The highest BCUT2D eigenvalue weighted by molar-refractivity contribution is 5.41. The third kappa shape index (κ3) is 2.78. The summed E-state index contributed by atoms with van der Waals surface area (Å²) in [6, 6.07) is 9.63. The molecule has 0 radical (unpaired) electrons. The van der Waals surface area contributed by atoms with Crippen molar-refractivity contribution in [1.82, 2.24) is 10.3 Å². The van der Waals surface area contributed by atoms with Gasteiger partial charge in [0.2, 0.25) is 0 Å². The molecule has 0 aliphatic carbocycles. The Morgan fingerprint density at radius 3 is 2.86 bits per heavy atom. The molecule has 0 saturated heterocycles. The molecular weight excluding hydrogens is 268 g/mol. The molecule has 0 amide bonds. The predicted octanol–water partition coefficient (Wildman–Crippen LogP) is 2.19. The summed E-state index contributed by atoms with van der Waals surface area (Å²) in [7, 11) is 3.53. The predicted molar refractivity (Wildman–Crippen MR) is 78.9 cm³/mol. The van der Waals surface area contributed by atoms with Crippen LogP contribution in [0.15, 0.2) is 42.7 Å². The van der Waals surface area contributed by atoms with Gasteiger partial charge in [0, 0.05) is 6.20 Å². The van der Waals surface area contributed by atoms with E-state index in [9.17, 15) is 0 Å². The molecule has 0 spiro atoms. The third-order valence-electron chi connectivity index (χ3n) is 3.54. The Morgan fingerprint density at radius 2 is 2.10 bits per heavy atom. The molecule has 3 rings (SSSR count). The maximum absolute atomic E-state index is 6.06. The normalized spacial score (nSPS) is 18.1. The van der Waals surface area contributed by atoms with E-state index in [-0.39, 0.29) is 12.1 Å². The Hall–Kier alpha value is -2.27. The number of nitrogens with one attached hydrogen (secondary N) is 1. The average Bonchev–Trinajstić information content (AvgIpc) is 2.56. The van der Waals surface area contributed by atoms with E-state index in [1.165, 1.54) is 0 Å². The number of likely N-dealkylation sites (N-methyl/N-ethyl adjacent to an activating group) is 1. The number of nitrogens with zero attached hydrogens (tertiary/aromatic N) is 1. The Morgan fingerprint density at radius 1 is 1.29 bits per heavy atom. The molecule has 110 valence electrons. The van der Waals surface area contributed by atoms with E-state index in [2.05, 4.69) is 10.3 Å². The summed E-state index contributed by atoms with van der Waals surface area (Å²) in [6.45, 7) is 0.486. The van der Waals surface area contributed by atoms with Crippen molar-refractivity contribution in [2.75, 3.05) is 20.8 Å². The van der Waals surface area contributed by atoms with Crippen LogP contribution in [0.2, 0.25) is 0 Å². The van der Waals surface area contributed by atoms with Crippen molar-refractivity contribution < 1.29 is 14.2 Å². The van der Waals surface area contributed by atoms with E-state index in [1.807, 2.05) is 43.6 Å². The summed E-state index contributed by atoms with van der Waals surface area (Å²) in [4.78, 5) is 4.20. The van der Waals surface area contributed by atoms with Gasteiger partial charge >= 0.3 is 0 Å². The van der Waals surface area contributed by atoms with Crippen LogP contribution in [0.1, 0.15) is 11.6 Å². The molecule has 2 aromatic rings. The van der Waals surface area contributed by atoms with Gasteiger partial charge in [-0.2, -0.15) is 0 Å². The first kappa shape index (κ1) is 13.7. The third-order valence-corrected chi connectivity index (χ3v) is 3.54. The van der Waals surface area contributed by atoms with Crippen LogP contribution in [0.5, 0.6) is 17.2 Å². The summed E-state index contributed by atoms with van der Waals surface area (Å²) in [5, 5.41) is 3.27. The molecule has 2 unspecified atom stereocenters. The summed E-state index contributed by atoms with van der Waals surface area (Å²) in [6.07, 6.45) is 3.37. The first-order valence-electron chi connectivity index (χ1n) is 6.86. The number of fused-ring (bicyclic) bond motifs is 1. The van der Waals surface area contributed by atoms with Crippen molar-refractivity contribution in [3.63, 3.8) is 0 Å². The SMILES string of the molecule is CNC(c1cncc(OC)c1)C1COc2ccccc2O1. The molecule has 0 saturated carbocycles. The number of rotatable bonds is 4. The number of pyridine rings is 1. The number of hydrogen-bond acceptors (Lipinski definition) is 5. The minimum absolute atomic E-state index is 0.0269. The molecule has 5 heteroatoms. The van der Waals surface area contributed by atoms with Crippen LogP contribution in [-0.4, -0.2) is 31.9 Å². The highest BCUT2D eigenvalue weighted by Crippen LogP contribution is 2.34. The van der Waals surface area contributed by atoms with E-state index in [4.69, 9.17) is 14.2 Å². The smallest absolute Gasteiger partial charge is 0.161 e. The highest BCUT2D eigenvalue weighted by Gasteiger charge is 2.29. The largest absolute Gasteiger partial charge is 0.495 e. The second-order valence-corrected chi connectivity index (χ2v) is 4.84. The Labute approximate surface area is 123 Å². The number of benzene rings is 1. The van der Waals surface area contributed by atoms with Crippen molar-refractivity contribution >= 4 is 0 Å². The van der Waals surface area contributed by atoms with Gasteiger partial charge in [0.15, 0.2) is 17.6 Å². The molecule has 1 aliphatic rings. The van der Waals surface area contributed by atoms with E-state index in [1.54, 1.807) is 13.3 Å². The summed E-state index contributed by atoms with van der Waals surface area (Å²) in [5.41, 5.74) is 1.00. The lowest BCUT2D eigenvalue weighted by molar-refractivity contribution is 0.0637. The first-order valence-corrected chi connectivity index (χ1v) is 6.86. The van der Waals surface area contributed by atoms with Gasteiger partial charge in [0.05, 0.1) is 19.3 Å². The average molecular weight is 286 g/mol. The van der Waals surface area contributed by atoms with Crippen molar-refractivity contribution in [2.24, 2.45) is 0 Å². The molecule has 2 heterocycles. The van der Waals surface area contributed by atoms with Gasteiger partial charge in [-0.05, 0) is 30.8 Å². The second-order valence-electron chi connectivity index (χ2n) is 4.84. The van der Waals surface area contributed by atoms with E-state index < -0.39 is 0 Å². The quantitative estimate of drug-likeness (QED) is 0.933. The lowest BCUT2D eigenvalue weighted by Gasteiger charge is -2.32. The van der Waals surface area contributed by atoms with E-state index >= 15 is 0 Å². The molecule has 1 aromatic heterocycles. The number of ether oxygens (including phenoxy) is 3. The van der Waals surface area contributed by atoms with Crippen LogP contribution in [0.4, 0.5) is 0 Å². The lowest BCUT2D eigenvalue weighted by Crippen LogP contribution is -2.40. The summed E-state index contributed by atoms with van der Waals surface area (Å²) in [5.74, 6) is 2.28. The maximum Gasteiger partial charge on any atom is 0.161 e. The molecule has 1 aromatic carbocycles. The van der Waals surface area contributed by atoms with Gasteiger partial charge in [-0.15, -0.1) is 0 Å². The van der Waals surface area contributed by atoms with E-state index in [0.717, 1.165) is 22.8 Å². The second kappa shape index (κ2) is 6.01. The Balaban J connectivity index is 1.84. The molecular formula is C16H18N2O3. The van der Waals surface area contributed by atoms with Crippen molar-refractivity contribution in [1.29, 1.82) is 0 Å². The number of aromatic nitrogens is 1. The van der Waals surface area contributed by atoms with Gasteiger partial charge in [0.1, 0.15) is 12.4 Å². The number of methoxy groups -OCH3 is 1. The number of para-hydroxylation sites is 2. The molecule has 1 N–H and O–H groups in total. The zero-order valence-corrected chi connectivity index (χ0v) is 12.1. The highest BCUT2D eigenvalue weighted by atomic mass is 16.6. The molecule has 21 heavy (non-hydrogen) atoms. The number of hydrogen-bond donors (Lipinski definition) is 1. The molecule has 5 nitrogen and oxygen atoms in total. The fourth-order valence-corrected chi connectivity index (χ4v) is 2.48. The van der Waals surface area contributed by atoms with Crippen LogP contribution in [0.3, 0.4) is 0 Å². The first-order chi connectivity index (χ1) is 10.3. The topological polar surface area (TPSA) is 52.6 Å². The van der Waals surface area contributed by atoms with Crippen LogP contribution in [0.25, 0.3) is 0 Å². The minimum atomic E-state index is -0.126. The lowest BCUT2D eigenvalue weighted by atomic mass is 10.0. The molecule has 2 atom stereocenters. The summed E-state index contributed by atoms with van der Waals surface area (Å²) >= 11 is 0. The van der Waals surface area contributed by atoms with Crippen molar-refractivity contribution in [2.45, 2.75) is 12.1 Å². The zero-order valence-electron chi connectivity index (χ0n) is 12.1. The monoisotopic (exact) mass is 286 g/mol. The Kier molecular flexibility index (Phi) is 3.92. The van der Waals surface area contributed by atoms with Crippen LogP contribution < -0.4 is 19.5 Å². The van der Waals surface area contributed by atoms with Crippen LogP contribution >= 0.6 is 0 Å². The van der Waals surface area contributed by atoms with Crippen LogP contribution in [-0.2, 0) is 0 Å². The zero-order chi connectivity index (χ0) is 14.7. The van der Waals surface area contributed by atoms with E-state index in [0.29, 0.717) is 6.61 Å². The van der Waals surface area contributed by atoms with Crippen molar-refractivity contribution in [3.8, 4) is 17.2 Å². The van der Waals surface area contributed by atoms with Crippen molar-refractivity contribution in [3.05, 3.63) is 48.3 Å².